The summed E-state index contributed by atoms with van der Waals surface area (Å²) in [6.45, 7) is 6.37. The normalized spacial score (nSPS) is 27.0. The maximum absolute atomic E-state index is 16.3. The van der Waals surface area contributed by atoms with E-state index in [1.165, 1.54) is 48.6 Å². The number of anilines is 1. The monoisotopic (exact) mass is 1790 g/mol. The summed E-state index contributed by atoms with van der Waals surface area (Å²) in [5.41, 5.74) is 3.10. The highest BCUT2D eigenvalue weighted by atomic mass is 35.5. The fraction of sp³-hybridized carbons (Fsp3) is 0.444. The number of rotatable bonds is 20. The van der Waals surface area contributed by atoms with E-state index in [0.717, 1.165) is 78.9 Å². The first-order chi connectivity index (χ1) is 59.2. The van der Waals surface area contributed by atoms with Gasteiger partial charge in [-0.05, 0) is 153 Å². The summed E-state index contributed by atoms with van der Waals surface area (Å²) in [5, 5.41) is 139. The molecule has 0 aromatic heterocycles. The third-order valence-corrected chi connectivity index (χ3v) is 22.5. The Morgan fingerprint density at radius 1 is 0.720 bits per heavy atom. The third kappa shape index (κ3) is 21.5. The van der Waals surface area contributed by atoms with E-state index in [9.17, 15) is 88.3 Å². The van der Waals surface area contributed by atoms with Crippen molar-refractivity contribution in [1.29, 1.82) is 0 Å². The molecule has 674 valence electrons. The molecular weight excluding hydrogens is 1700 g/mol. The summed E-state index contributed by atoms with van der Waals surface area (Å²) in [7, 11) is 1.46. The fourth-order valence-corrected chi connectivity index (χ4v) is 15.9. The number of nitrogens with zero attached hydrogens (tertiary/aromatic N) is 1. The smallest absolute Gasteiger partial charge is 0.508 e. The minimum atomic E-state index is -4.91. The molecule has 125 heavy (non-hydrogen) atoms. The number of carbonyl (C=O) groups is 9. The molecule has 39 nitrogen and oxygen atoms in total. The van der Waals surface area contributed by atoms with E-state index in [1.54, 1.807) is 20.8 Å². The number of phenols is 3. The summed E-state index contributed by atoms with van der Waals surface area (Å²) in [4.78, 5) is 133. The molecule has 0 saturated carbocycles. The second kappa shape index (κ2) is 39.1. The number of nitrogens with two attached hydrogens (primary N) is 1. The van der Waals surface area contributed by atoms with Crippen LogP contribution >= 0.6 is 23.2 Å². The Morgan fingerprint density at radius 3 is 1.95 bits per heavy atom. The number of ether oxygens (including phenoxy) is 8. The number of likely N-dealkylation sites (N-methyl/N-ethyl adjacent to an activating group) is 1. The van der Waals surface area contributed by atoms with E-state index in [2.05, 4.69) is 52.6 Å². The number of aliphatic hydroxyl groups is 6. The van der Waals surface area contributed by atoms with Crippen molar-refractivity contribution in [1.82, 2.24) is 52.9 Å². The Morgan fingerprint density at radius 2 is 1.34 bits per heavy atom. The lowest BCUT2D eigenvalue weighted by molar-refractivity contribution is -0.334. The second-order valence-corrected chi connectivity index (χ2v) is 32.1. The van der Waals surface area contributed by atoms with Crippen molar-refractivity contribution in [3.63, 3.8) is 0 Å². The number of primary amides is 1. The molecule has 8 heterocycles. The molecule has 6 aromatic rings. The van der Waals surface area contributed by atoms with Crippen LogP contribution in [0.2, 0.25) is 10.0 Å². The van der Waals surface area contributed by atoms with Crippen LogP contribution in [0.1, 0.15) is 118 Å². The zero-order valence-corrected chi connectivity index (χ0v) is 68.7. The number of phenolic OH excluding ortho intramolecular Hbond substituents is 3. The SMILES string of the molecule is CN[C@H](CC(C)C)C(=O)N[C@H]1C(=O)N[C@@H](CC(N)=O)C(=O)N[C@H]2C(=O)N[C@H]3C(=O)N[C@H](C(=O)N[C@@H](C(=O)NO)c4cc(O)cc(O)c4-c4cc3ccc4O)[C@H](O)c3ccc(c(Cl)c3)Oc3cc2cc(c3O[C@@H]2O[C@H](CO)[C@@H](O)[C@H](O)[C@H]2O[C@H]2C[C@](C)(NCCOC3CCN(C(=O)Nc4ccc(OC(F)(F)F)cc4)CC3)[C@H](O)[C@H](C)O2)Oc2ccc(cc2Cl)[C@H]1O. The highest BCUT2D eigenvalue weighted by Crippen LogP contribution is 2.50. The first kappa shape index (κ1) is 93.0. The number of carbonyl (C=O) groups excluding carboxylic acids is 9. The van der Waals surface area contributed by atoms with E-state index in [-0.39, 0.29) is 79.2 Å². The standard InChI is InChI=1S/C81H93Cl2F3N12O27/c1-33(2)22-47(88-5)71(109)95-62-64(104)36-7-14-51(45(82)24-36)120-53-26-38-27-54(68(53)124-78-69(67(107)66(106)55(32-99)122-78)123-57-31-80(4,70(108)34(3)119-57)89-18-21-118-41-16-19-98(20-17-41)79(116)90-39-9-11-42(12-10-39)125-81(84,85)86)121-52-15-8-37(25-46(52)83)65(105)63-76(114)94-61(77(115)97-117)44-28-40(100)29-50(102)58(44)43-23-35(6-13-49(43)101)59(73(111)96-63)93-74(112)60(38)92-72(110)48(30-56(87)103)91-75(62)113/h6-15,23-29,33-34,41,47-48,55,57,59-67,69-70,78,88-89,99-102,104-108,117H,16-22,30-32H2,1-5H3,(H2,87,103)(H,90,116)(H,91,113)(H,92,110)(H,93,112)(H,94,114)(H,95,109)(H,96,111)(H,97,115)/t34-,47+,48-,55+,57-,59+,60+,61+,62+,63-,64+,65+,66+,67-,69+,70+,78-,80-/m0/s1. The Kier molecular flexibility index (Phi) is 29.1. The van der Waals surface area contributed by atoms with Gasteiger partial charge in [0.05, 0.1) is 54.0 Å². The summed E-state index contributed by atoms with van der Waals surface area (Å²) in [6.07, 6.45) is -23.8. The molecular formula is C81H93Cl2F3N12O27. The number of benzene rings is 6. The van der Waals surface area contributed by atoms with Crippen LogP contribution in [0.25, 0.3) is 11.1 Å². The minimum absolute atomic E-state index is 0.0553. The van der Waals surface area contributed by atoms with Crippen molar-refractivity contribution >= 4 is 82.2 Å². The number of amides is 10. The number of aliphatic hydroxyl groups excluding tert-OH is 6. The molecule has 0 aliphatic carbocycles. The molecule has 0 spiro atoms. The molecule has 8 aliphatic rings. The molecule has 3 saturated heterocycles. The van der Waals surface area contributed by atoms with Crippen molar-refractivity contribution in [3.8, 4) is 62.9 Å². The lowest BCUT2D eigenvalue weighted by atomic mass is 9.85. The van der Waals surface area contributed by atoms with Crippen LogP contribution in [0.5, 0.6) is 51.7 Å². The number of halogens is 5. The van der Waals surface area contributed by atoms with Crippen molar-refractivity contribution in [2.45, 2.75) is 182 Å². The number of hydrogen-bond donors (Lipinski definition) is 21. The van der Waals surface area contributed by atoms with Crippen molar-refractivity contribution in [2.75, 3.05) is 45.2 Å². The summed E-state index contributed by atoms with van der Waals surface area (Å²) in [6, 6.07) is 3.13. The van der Waals surface area contributed by atoms with Gasteiger partial charge < -0.3 is 142 Å². The highest BCUT2D eigenvalue weighted by molar-refractivity contribution is 6.32. The van der Waals surface area contributed by atoms with E-state index >= 15 is 19.2 Å². The number of likely N-dealkylation sites (tertiary alicyclic amines) is 1. The average molecular weight is 1790 g/mol. The van der Waals surface area contributed by atoms with Crippen LogP contribution in [-0.4, -0.2) is 241 Å². The molecule has 22 N–H and O–H groups in total. The van der Waals surface area contributed by atoms with Gasteiger partial charge in [0.2, 0.25) is 53.4 Å². The molecule has 6 aromatic carbocycles. The molecule has 44 heteroatoms. The Hall–Kier alpha value is -11.2. The van der Waals surface area contributed by atoms with Gasteiger partial charge >= 0.3 is 12.4 Å². The van der Waals surface area contributed by atoms with E-state index < -0.39 is 260 Å². The highest BCUT2D eigenvalue weighted by Gasteiger charge is 2.53. The van der Waals surface area contributed by atoms with Gasteiger partial charge in [0.25, 0.3) is 5.91 Å². The molecule has 10 amide bonds. The van der Waals surface area contributed by atoms with E-state index in [4.69, 9.17) is 62.1 Å². The molecule has 14 rings (SSSR count). The van der Waals surface area contributed by atoms with Gasteiger partial charge in [-0.3, -0.25) is 43.6 Å². The Bertz CT molecular complexity index is 5040. The molecule has 18 atom stereocenters. The van der Waals surface area contributed by atoms with Crippen molar-refractivity contribution < 1.29 is 145 Å². The average Bonchev–Trinajstić information content (AvgIpc) is 0.764. The molecule has 3 fully saturated rings. The Labute approximate surface area is 719 Å². The third-order valence-electron chi connectivity index (χ3n) is 21.9. The van der Waals surface area contributed by atoms with Crippen molar-refractivity contribution in [3.05, 3.63) is 141 Å². The summed E-state index contributed by atoms with van der Waals surface area (Å²) >= 11 is 14.3. The second-order valence-electron chi connectivity index (χ2n) is 31.3. The molecule has 11 bridgehead atoms. The van der Waals surface area contributed by atoms with Crippen LogP contribution in [0.15, 0.2) is 103 Å². The van der Waals surface area contributed by atoms with Crippen molar-refractivity contribution in [2.24, 2.45) is 11.7 Å². The fourth-order valence-electron chi connectivity index (χ4n) is 15.4. The number of aromatic hydroxyl groups is 3. The number of hydrogen-bond acceptors (Lipinski definition) is 29. The largest absolute Gasteiger partial charge is 0.573 e. The van der Waals surface area contributed by atoms with Gasteiger partial charge in [-0.2, -0.15) is 0 Å². The van der Waals surface area contributed by atoms with Crippen LogP contribution < -0.4 is 78.0 Å². The first-order valence-electron chi connectivity index (χ1n) is 39.4. The maximum Gasteiger partial charge on any atom is 0.573 e. The predicted octanol–water partition coefficient (Wildman–Crippen LogP) is 2.77. The zero-order chi connectivity index (χ0) is 90.5. The van der Waals surface area contributed by atoms with Gasteiger partial charge in [0.15, 0.2) is 23.9 Å². The van der Waals surface area contributed by atoms with Crippen LogP contribution in [0.3, 0.4) is 0 Å². The number of nitrogens with one attached hydrogen (secondary N) is 10. The lowest BCUT2D eigenvalue weighted by Crippen LogP contribution is -2.65. The van der Waals surface area contributed by atoms with Gasteiger partial charge in [0.1, 0.15) is 101 Å². The maximum atomic E-state index is 16.3. The molecule has 0 unspecified atom stereocenters. The Balaban J connectivity index is 0.954. The zero-order valence-electron chi connectivity index (χ0n) is 67.2. The summed E-state index contributed by atoms with van der Waals surface area (Å²) in [5.74, 6) is -16.5. The topological polar surface area (TPSA) is 579 Å². The van der Waals surface area contributed by atoms with Gasteiger partial charge in [-0.25, -0.2) is 10.3 Å². The van der Waals surface area contributed by atoms with Gasteiger partial charge in [-0.1, -0.05) is 55.2 Å². The predicted molar refractivity (Wildman–Crippen MR) is 428 cm³/mol. The minimum Gasteiger partial charge on any atom is -0.508 e. The number of piperidine rings is 1. The first-order valence-corrected chi connectivity index (χ1v) is 40.1. The number of alkyl halides is 3. The molecule has 8 aliphatic heterocycles. The van der Waals surface area contributed by atoms with Crippen LogP contribution in [0, 0.1) is 5.92 Å². The number of urea groups is 1. The van der Waals surface area contributed by atoms with Gasteiger partial charge in [0, 0.05) is 54.5 Å². The molecule has 0 radical (unpaired) electrons. The van der Waals surface area contributed by atoms with Gasteiger partial charge in [-0.15, -0.1) is 13.2 Å². The lowest BCUT2D eigenvalue weighted by Gasteiger charge is -2.48. The quantitative estimate of drug-likeness (QED) is 0.0297. The number of hydroxylamine groups is 1. The van der Waals surface area contributed by atoms with E-state index in [0.29, 0.717) is 12.8 Å². The van der Waals surface area contributed by atoms with Crippen LogP contribution in [0.4, 0.5) is 23.7 Å². The van der Waals surface area contributed by atoms with E-state index in [1.807, 2.05) is 0 Å². The summed E-state index contributed by atoms with van der Waals surface area (Å²) < 4.78 is 87.7. The number of fused-ring (bicyclic) bond motifs is 15. The van der Waals surface area contributed by atoms with Crippen LogP contribution in [-0.2, 0) is 57.3 Å².